The van der Waals surface area contributed by atoms with Crippen LogP contribution in [0.4, 0.5) is 17.1 Å². The summed E-state index contributed by atoms with van der Waals surface area (Å²) in [6.07, 6.45) is -1.17. The van der Waals surface area contributed by atoms with Gasteiger partial charge in [-0.1, -0.05) is 0 Å². The highest BCUT2D eigenvalue weighted by Crippen LogP contribution is 2.35. The molecular formula is C10H13N3O6. The average Bonchev–Trinajstić information content (AvgIpc) is 2.35. The second-order valence-corrected chi connectivity index (χ2v) is 3.91. The molecule has 0 aliphatic heterocycles. The van der Waals surface area contributed by atoms with Crippen molar-refractivity contribution in [2.75, 3.05) is 18.5 Å². The van der Waals surface area contributed by atoms with Gasteiger partial charge in [0.15, 0.2) is 5.69 Å². The number of benzene rings is 1. The highest BCUT2D eigenvalue weighted by molar-refractivity contribution is 5.74. The molecule has 1 rings (SSSR count). The van der Waals surface area contributed by atoms with Crippen LogP contribution in [0, 0.1) is 27.2 Å². The summed E-state index contributed by atoms with van der Waals surface area (Å²) in [5, 5.41) is 42.1. The molecule has 0 saturated heterocycles. The summed E-state index contributed by atoms with van der Waals surface area (Å²) in [5.74, 6) is 0. The van der Waals surface area contributed by atoms with Crippen molar-refractivity contribution in [3.8, 4) is 0 Å². The Morgan fingerprint density at radius 3 is 2.11 bits per heavy atom. The predicted molar refractivity (Wildman–Crippen MR) is 66.1 cm³/mol. The molecule has 9 heteroatoms. The molecule has 19 heavy (non-hydrogen) atoms. The summed E-state index contributed by atoms with van der Waals surface area (Å²) in [4.78, 5) is 20.3. The van der Waals surface area contributed by atoms with Crippen molar-refractivity contribution < 1.29 is 20.1 Å². The number of aryl methyl sites for hydroxylation is 1. The largest absolute Gasteiger partial charge is 0.394 e. The van der Waals surface area contributed by atoms with E-state index in [-0.39, 0.29) is 12.2 Å². The van der Waals surface area contributed by atoms with Gasteiger partial charge in [-0.3, -0.25) is 20.2 Å². The van der Waals surface area contributed by atoms with Crippen molar-refractivity contribution in [1.29, 1.82) is 0 Å². The van der Waals surface area contributed by atoms with Crippen LogP contribution in [0.3, 0.4) is 0 Å². The van der Waals surface area contributed by atoms with Gasteiger partial charge in [0, 0.05) is 18.7 Å². The Morgan fingerprint density at radius 1 is 1.26 bits per heavy atom. The lowest BCUT2D eigenvalue weighted by Crippen LogP contribution is -2.23. The van der Waals surface area contributed by atoms with Crippen LogP contribution in [0.2, 0.25) is 0 Å². The van der Waals surface area contributed by atoms with Crippen molar-refractivity contribution >= 4 is 17.1 Å². The van der Waals surface area contributed by atoms with Gasteiger partial charge in [0.05, 0.1) is 22.6 Å². The summed E-state index contributed by atoms with van der Waals surface area (Å²) < 4.78 is 0. The SMILES string of the molecule is Cc1cc([N+](=O)[O-])c(NCC(O)CO)c([N+](=O)[O-])c1. The molecule has 1 aromatic carbocycles. The number of aliphatic hydroxyl groups is 2. The molecule has 0 aliphatic rings. The number of rotatable bonds is 6. The molecule has 0 radical (unpaired) electrons. The van der Waals surface area contributed by atoms with E-state index in [1.165, 1.54) is 19.1 Å². The molecule has 1 atom stereocenters. The molecule has 3 N–H and O–H groups in total. The van der Waals surface area contributed by atoms with E-state index in [1.54, 1.807) is 0 Å². The lowest BCUT2D eigenvalue weighted by Gasteiger charge is -2.11. The number of hydrogen-bond donors (Lipinski definition) is 3. The van der Waals surface area contributed by atoms with E-state index in [4.69, 9.17) is 5.11 Å². The van der Waals surface area contributed by atoms with E-state index in [0.717, 1.165) is 0 Å². The minimum atomic E-state index is -1.17. The van der Waals surface area contributed by atoms with Crippen LogP contribution < -0.4 is 5.32 Å². The fourth-order valence-electron chi connectivity index (χ4n) is 1.50. The Labute approximate surface area is 107 Å². The van der Waals surface area contributed by atoms with Crippen molar-refractivity contribution in [2.45, 2.75) is 13.0 Å². The fraction of sp³-hybridized carbons (Fsp3) is 0.400. The monoisotopic (exact) mass is 271 g/mol. The molecule has 1 aromatic rings. The molecule has 0 fully saturated rings. The average molecular weight is 271 g/mol. The van der Waals surface area contributed by atoms with Crippen molar-refractivity contribution in [3.63, 3.8) is 0 Å². The van der Waals surface area contributed by atoms with E-state index in [2.05, 4.69) is 5.32 Å². The number of nitrogens with zero attached hydrogens (tertiary/aromatic N) is 2. The Kier molecular flexibility index (Phi) is 4.73. The third-order valence-electron chi connectivity index (χ3n) is 2.36. The molecule has 9 nitrogen and oxygen atoms in total. The van der Waals surface area contributed by atoms with Crippen LogP contribution in [0.1, 0.15) is 5.56 Å². The number of nitrogens with one attached hydrogen (secondary N) is 1. The summed E-state index contributed by atoms with van der Waals surface area (Å²) in [6.45, 7) is 0.716. The van der Waals surface area contributed by atoms with E-state index in [9.17, 15) is 25.3 Å². The molecule has 1 unspecified atom stereocenters. The molecular weight excluding hydrogens is 258 g/mol. The van der Waals surface area contributed by atoms with Crippen LogP contribution in [0.15, 0.2) is 12.1 Å². The second kappa shape index (κ2) is 6.07. The quantitative estimate of drug-likeness (QED) is 0.507. The smallest absolute Gasteiger partial charge is 0.299 e. The molecule has 0 saturated carbocycles. The predicted octanol–water partition coefficient (Wildman–Crippen LogP) is 0.577. The van der Waals surface area contributed by atoms with Crippen molar-refractivity contribution in [1.82, 2.24) is 0 Å². The summed E-state index contributed by atoms with van der Waals surface area (Å²) >= 11 is 0. The maximum Gasteiger partial charge on any atom is 0.299 e. The van der Waals surface area contributed by atoms with Crippen LogP contribution in [0.25, 0.3) is 0 Å². The van der Waals surface area contributed by atoms with E-state index in [1.807, 2.05) is 0 Å². The van der Waals surface area contributed by atoms with Gasteiger partial charge < -0.3 is 15.5 Å². The number of aliphatic hydroxyl groups excluding tert-OH is 2. The van der Waals surface area contributed by atoms with Crippen LogP contribution in [-0.2, 0) is 0 Å². The zero-order chi connectivity index (χ0) is 14.6. The molecule has 0 heterocycles. The molecule has 0 aromatic heterocycles. The minimum Gasteiger partial charge on any atom is -0.394 e. The first-order valence-electron chi connectivity index (χ1n) is 5.33. The first kappa shape index (κ1) is 14.8. The number of hydrogen-bond acceptors (Lipinski definition) is 7. The summed E-state index contributed by atoms with van der Waals surface area (Å²) in [6, 6.07) is 2.39. The zero-order valence-electron chi connectivity index (χ0n) is 10.1. The number of nitro groups is 2. The van der Waals surface area contributed by atoms with Gasteiger partial charge in [-0.2, -0.15) is 0 Å². The van der Waals surface area contributed by atoms with Gasteiger partial charge in [-0.25, -0.2) is 0 Å². The Bertz CT molecular complexity index is 469. The topological polar surface area (TPSA) is 139 Å². The van der Waals surface area contributed by atoms with Crippen LogP contribution in [0.5, 0.6) is 0 Å². The minimum absolute atomic E-state index is 0.235. The third-order valence-corrected chi connectivity index (χ3v) is 2.36. The van der Waals surface area contributed by atoms with Crippen LogP contribution >= 0.6 is 0 Å². The number of anilines is 1. The zero-order valence-corrected chi connectivity index (χ0v) is 10.1. The van der Waals surface area contributed by atoms with E-state index < -0.39 is 33.9 Å². The standard InChI is InChI=1S/C10H13N3O6/c1-6-2-8(12(16)17)10(9(3-6)13(18)19)11-4-7(15)5-14/h2-3,7,11,14-15H,4-5H2,1H3. The molecule has 0 spiro atoms. The lowest BCUT2D eigenvalue weighted by atomic mass is 10.1. The van der Waals surface area contributed by atoms with Gasteiger partial charge in [-0.15, -0.1) is 0 Å². The maximum atomic E-state index is 10.9. The van der Waals surface area contributed by atoms with Crippen molar-refractivity contribution in [2.24, 2.45) is 0 Å². The summed E-state index contributed by atoms with van der Waals surface area (Å²) in [5.41, 5.74) is -0.798. The van der Waals surface area contributed by atoms with Gasteiger partial charge >= 0.3 is 0 Å². The first-order valence-corrected chi connectivity index (χ1v) is 5.33. The molecule has 0 bridgehead atoms. The normalized spacial score (nSPS) is 11.9. The lowest BCUT2D eigenvalue weighted by molar-refractivity contribution is -0.392. The number of nitro benzene ring substituents is 2. The molecule has 0 amide bonds. The summed E-state index contributed by atoms with van der Waals surface area (Å²) in [7, 11) is 0. The van der Waals surface area contributed by atoms with Gasteiger partial charge in [0.1, 0.15) is 0 Å². The first-order chi connectivity index (χ1) is 8.86. The Hall–Kier alpha value is -2.26. The highest BCUT2D eigenvalue weighted by atomic mass is 16.6. The molecule has 104 valence electrons. The maximum absolute atomic E-state index is 10.9. The van der Waals surface area contributed by atoms with Gasteiger partial charge in [0.25, 0.3) is 11.4 Å². The molecule has 0 aliphatic carbocycles. The van der Waals surface area contributed by atoms with Gasteiger partial charge in [0.2, 0.25) is 0 Å². The Balaban J connectivity index is 3.23. The van der Waals surface area contributed by atoms with E-state index >= 15 is 0 Å². The van der Waals surface area contributed by atoms with Crippen LogP contribution in [-0.4, -0.2) is 39.3 Å². The highest BCUT2D eigenvalue weighted by Gasteiger charge is 2.26. The fourth-order valence-corrected chi connectivity index (χ4v) is 1.50. The third kappa shape index (κ3) is 3.60. The Morgan fingerprint density at radius 2 is 1.74 bits per heavy atom. The van der Waals surface area contributed by atoms with Gasteiger partial charge in [-0.05, 0) is 12.5 Å². The van der Waals surface area contributed by atoms with E-state index in [0.29, 0.717) is 5.56 Å². The van der Waals surface area contributed by atoms with Crippen molar-refractivity contribution in [3.05, 3.63) is 37.9 Å². The second-order valence-electron chi connectivity index (χ2n) is 3.91.